The molecule has 0 amide bonds. The number of carboxylic acid groups (broad SMARTS) is 2. The van der Waals surface area contributed by atoms with Crippen LogP contribution in [0.4, 0.5) is 11.4 Å². The number of anilines is 1. The fourth-order valence-electron chi connectivity index (χ4n) is 5.08. The van der Waals surface area contributed by atoms with Gasteiger partial charge in [0.1, 0.15) is 23.7 Å². The van der Waals surface area contributed by atoms with Gasteiger partial charge in [0.15, 0.2) is 0 Å². The molecule has 0 radical (unpaired) electrons. The number of ether oxygens (including phenoxy) is 3. The Morgan fingerprint density at radius 2 is 1.42 bits per heavy atom. The number of nitrogens with two attached hydrogens (primary N) is 1. The van der Waals surface area contributed by atoms with Crippen molar-refractivity contribution in [2.45, 2.75) is 52.1 Å². The second-order valence-corrected chi connectivity index (χ2v) is 11.3. The van der Waals surface area contributed by atoms with E-state index in [1.54, 1.807) is 30.3 Å². The van der Waals surface area contributed by atoms with Gasteiger partial charge < -0.3 is 30.2 Å². The Morgan fingerprint density at radius 3 is 2.06 bits per heavy atom. The van der Waals surface area contributed by atoms with Crippen molar-refractivity contribution in [3.63, 3.8) is 0 Å². The van der Waals surface area contributed by atoms with Crippen LogP contribution in [0.15, 0.2) is 78.9 Å². The van der Waals surface area contributed by atoms with Crippen LogP contribution in [0, 0.1) is 10.1 Å². The third-order valence-corrected chi connectivity index (χ3v) is 7.73. The Bertz CT molecular complexity index is 1870. The number of aromatic carboxylic acids is 2. The summed E-state index contributed by atoms with van der Waals surface area (Å²) in [6.45, 7) is 2.31. The molecule has 0 heterocycles. The first-order valence-corrected chi connectivity index (χ1v) is 15.9. The van der Waals surface area contributed by atoms with Crippen LogP contribution in [0.2, 0.25) is 0 Å². The summed E-state index contributed by atoms with van der Waals surface area (Å²) in [6.07, 6.45) is 6.30. The number of nitrogens with zero attached hydrogens (tertiary/aromatic N) is 1. The monoisotopic (exact) mass is 684 g/mol. The molecule has 4 rings (SSSR count). The molecule has 13 nitrogen and oxygen atoms in total. The number of carbonyl (C=O) groups is 4. The number of hydrogen-bond acceptors (Lipinski definition) is 10. The smallest absolute Gasteiger partial charge is 0.343 e. The van der Waals surface area contributed by atoms with Crippen LogP contribution in [0.25, 0.3) is 11.1 Å². The number of esters is 2. The van der Waals surface area contributed by atoms with E-state index in [0.29, 0.717) is 17.7 Å². The maximum Gasteiger partial charge on any atom is 0.343 e. The van der Waals surface area contributed by atoms with E-state index in [1.807, 2.05) is 0 Å². The minimum atomic E-state index is -1.60. The van der Waals surface area contributed by atoms with Crippen molar-refractivity contribution < 1.29 is 48.5 Å². The number of unbranched alkanes of at least 4 members (excludes halogenated alkanes) is 5. The molecule has 0 saturated carbocycles. The lowest BCUT2D eigenvalue weighted by Gasteiger charge is -2.13. The molecule has 0 aromatic heterocycles. The zero-order valence-electron chi connectivity index (χ0n) is 27.3. The number of carbonyl (C=O) groups excluding carboxylic acids is 2. The molecule has 13 heteroatoms. The van der Waals surface area contributed by atoms with Gasteiger partial charge in [-0.25, -0.2) is 19.2 Å². The first kappa shape index (κ1) is 36.6. The third kappa shape index (κ3) is 9.43. The summed E-state index contributed by atoms with van der Waals surface area (Å²) in [5.41, 5.74) is 5.33. The minimum Gasteiger partial charge on any atom is -0.491 e. The fraction of sp³-hybridized carbons (Fsp3) is 0.243. The van der Waals surface area contributed by atoms with Crippen molar-refractivity contribution in [3.05, 3.63) is 117 Å². The van der Waals surface area contributed by atoms with Crippen molar-refractivity contribution >= 4 is 35.3 Å². The minimum absolute atomic E-state index is 0.0807. The highest BCUT2D eigenvalue weighted by Crippen LogP contribution is 2.38. The Labute approximate surface area is 287 Å². The highest BCUT2D eigenvalue weighted by Gasteiger charge is 2.26. The number of nitro benzene ring substituents is 1. The molecule has 0 atom stereocenters. The molecule has 4 N–H and O–H groups in total. The Morgan fingerprint density at radius 1 is 0.760 bits per heavy atom. The van der Waals surface area contributed by atoms with E-state index in [-0.39, 0.29) is 34.9 Å². The molecular formula is C37H36N2O11. The molecule has 0 saturated heterocycles. The van der Waals surface area contributed by atoms with Crippen LogP contribution in [0.1, 0.15) is 92.4 Å². The van der Waals surface area contributed by atoms with Crippen LogP contribution in [0.5, 0.6) is 11.5 Å². The third-order valence-electron chi connectivity index (χ3n) is 7.73. The number of benzene rings is 4. The number of hydrogen-bond donors (Lipinski definition) is 3. The van der Waals surface area contributed by atoms with Gasteiger partial charge in [0, 0.05) is 0 Å². The lowest BCUT2D eigenvalue weighted by molar-refractivity contribution is -0.384. The topological polar surface area (TPSA) is 206 Å². The molecule has 0 bridgehead atoms. The van der Waals surface area contributed by atoms with Gasteiger partial charge in [-0.15, -0.1) is 0 Å². The van der Waals surface area contributed by atoms with E-state index >= 15 is 0 Å². The van der Waals surface area contributed by atoms with Gasteiger partial charge in [0.05, 0.1) is 45.5 Å². The lowest BCUT2D eigenvalue weighted by atomic mass is 10.0. The van der Waals surface area contributed by atoms with E-state index in [4.69, 9.17) is 19.9 Å². The SMILES string of the molecule is CCCCCCCCOc1cc([N+](=O)[O-])c(-c2ccc(C(=O)Oc3cc(C(=O)O)c(C(=O)OCc4ccccc4)cc3C(=O)O)cc2)cc1N. The highest BCUT2D eigenvalue weighted by atomic mass is 16.6. The summed E-state index contributed by atoms with van der Waals surface area (Å²) < 4.78 is 16.2. The Balaban J connectivity index is 1.52. The first-order chi connectivity index (χ1) is 24.0. The first-order valence-electron chi connectivity index (χ1n) is 15.9. The van der Waals surface area contributed by atoms with Crippen LogP contribution in [-0.4, -0.2) is 45.6 Å². The van der Waals surface area contributed by atoms with Gasteiger partial charge >= 0.3 is 23.9 Å². The number of nitrogen functional groups attached to an aromatic ring is 1. The van der Waals surface area contributed by atoms with Gasteiger partial charge in [-0.2, -0.15) is 0 Å². The molecule has 4 aromatic rings. The molecule has 50 heavy (non-hydrogen) atoms. The summed E-state index contributed by atoms with van der Waals surface area (Å²) in [6, 6.07) is 18.2. The molecule has 4 aromatic carbocycles. The van der Waals surface area contributed by atoms with Crippen molar-refractivity contribution in [2.24, 2.45) is 0 Å². The highest BCUT2D eigenvalue weighted by molar-refractivity contribution is 6.06. The summed E-state index contributed by atoms with van der Waals surface area (Å²) in [5, 5.41) is 31.5. The molecule has 0 aliphatic heterocycles. The summed E-state index contributed by atoms with van der Waals surface area (Å²) in [5.74, 6) is -5.75. The van der Waals surface area contributed by atoms with Crippen molar-refractivity contribution in [1.82, 2.24) is 0 Å². The summed E-state index contributed by atoms with van der Waals surface area (Å²) >= 11 is 0. The second-order valence-electron chi connectivity index (χ2n) is 11.3. The largest absolute Gasteiger partial charge is 0.491 e. The number of nitro groups is 1. The van der Waals surface area contributed by atoms with Crippen LogP contribution >= 0.6 is 0 Å². The average molecular weight is 685 g/mol. The molecular weight excluding hydrogens is 648 g/mol. The molecule has 0 unspecified atom stereocenters. The molecule has 0 aliphatic rings. The van der Waals surface area contributed by atoms with Gasteiger partial charge in [0.25, 0.3) is 5.69 Å². The maximum atomic E-state index is 13.1. The normalized spacial score (nSPS) is 10.7. The van der Waals surface area contributed by atoms with E-state index in [0.717, 1.165) is 44.2 Å². The lowest BCUT2D eigenvalue weighted by Crippen LogP contribution is -2.17. The zero-order chi connectivity index (χ0) is 36.2. The molecule has 0 aliphatic carbocycles. The standard InChI is InChI=1S/C37H36N2O11/c1-2-3-4-5-6-10-17-48-33-21-31(39(46)47)26(19-30(33)38)24-13-15-25(16-14-24)36(44)50-32-20-27(34(40)41)28(18-29(32)35(42)43)37(45)49-22-23-11-8-7-9-12-23/h7-9,11-16,18-21H,2-6,10,17,22,38H2,1H3,(H,40,41)(H,42,43). The van der Waals surface area contributed by atoms with E-state index in [2.05, 4.69) is 6.92 Å². The van der Waals surface area contributed by atoms with E-state index < -0.39 is 51.2 Å². The Hall–Kier alpha value is -6.24. The molecule has 260 valence electrons. The quantitative estimate of drug-likeness (QED) is 0.0246. The molecule has 0 spiro atoms. The fourth-order valence-corrected chi connectivity index (χ4v) is 5.08. The van der Waals surface area contributed by atoms with Crippen molar-refractivity contribution in [1.29, 1.82) is 0 Å². The molecule has 0 fully saturated rings. The summed E-state index contributed by atoms with van der Waals surface area (Å²) in [7, 11) is 0. The second kappa shape index (κ2) is 17.2. The zero-order valence-corrected chi connectivity index (χ0v) is 27.3. The van der Waals surface area contributed by atoms with Gasteiger partial charge in [0.2, 0.25) is 0 Å². The van der Waals surface area contributed by atoms with Gasteiger partial charge in [-0.05, 0) is 47.9 Å². The van der Waals surface area contributed by atoms with Crippen LogP contribution in [-0.2, 0) is 11.3 Å². The Kier molecular flexibility index (Phi) is 12.6. The van der Waals surface area contributed by atoms with Crippen molar-refractivity contribution in [3.8, 4) is 22.6 Å². The van der Waals surface area contributed by atoms with E-state index in [1.165, 1.54) is 42.8 Å². The maximum absolute atomic E-state index is 13.1. The van der Waals surface area contributed by atoms with Crippen molar-refractivity contribution in [2.75, 3.05) is 12.3 Å². The predicted octanol–water partition coefficient (Wildman–Crippen LogP) is 7.56. The van der Waals surface area contributed by atoms with E-state index in [9.17, 15) is 39.5 Å². The average Bonchev–Trinajstić information content (AvgIpc) is 3.10. The van der Waals surface area contributed by atoms with Gasteiger partial charge in [-0.1, -0.05) is 81.5 Å². The summed E-state index contributed by atoms with van der Waals surface area (Å²) in [4.78, 5) is 61.4. The van der Waals surface area contributed by atoms with Gasteiger partial charge in [-0.3, -0.25) is 10.1 Å². The van der Waals surface area contributed by atoms with Crippen LogP contribution < -0.4 is 15.2 Å². The number of carboxylic acids is 2. The predicted molar refractivity (Wildman–Crippen MR) is 183 cm³/mol. The van der Waals surface area contributed by atoms with Crippen LogP contribution in [0.3, 0.4) is 0 Å². The number of rotatable bonds is 17.